The van der Waals surface area contributed by atoms with Crippen LogP contribution in [0.25, 0.3) is 16.3 Å². The summed E-state index contributed by atoms with van der Waals surface area (Å²) in [5.74, 6) is 0.389. The number of carbonyl (C=O) groups excluding carboxylic acids is 1. The van der Waals surface area contributed by atoms with Crippen LogP contribution in [-0.2, 0) is 24.1 Å². The number of carbonyl (C=O) groups is 1. The monoisotopic (exact) mass is 584 g/mol. The van der Waals surface area contributed by atoms with Crippen LogP contribution in [-0.4, -0.2) is 39.0 Å². The minimum Gasteiger partial charge on any atom is -0.343 e. The fourth-order valence-corrected chi connectivity index (χ4v) is 6.21. The van der Waals surface area contributed by atoms with Gasteiger partial charge in [-0.2, -0.15) is 10.1 Å². The number of hydrogen-bond donors (Lipinski definition) is 0. The Kier molecular flexibility index (Phi) is 7.44. The second kappa shape index (κ2) is 10.5. The smallest absolute Gasteiger partial charge is 0.273 e. The number of rotatable bonds is 7. The maximum absolute atomic E-state index is 12.7. The molecule has 9 heteroatoms. The van der Waals surface area contributed by atoms with Crippen molar-refractivity contribution in [3.05, 3.63) is 91.4 Å². The van der Waals surface area contributed by atoms with Gasteiger partial charge in [0.05, 0.1) is 21.3 Å². The van der Waals surface area contributed by atoms with Gasteiger partial charge in [-0.05, 0) is 81.1 Å². The highest BCUT2D eigenvalue weighted by Gasteiger charge is 2.42. The lowest BCUT2D eigenvalue weighted by Gasteiger charge is -2.27. The minimum atomic E-state index is -0.736. The van der Waals surface area contributed by atoms with Gasteiger partial charge in [-0.15, -0.1) is 11.3 Å². The third-order valence-electron chi connectivity index (χ3n) is 7.04. The number of aromatic nitrogens is 2. The number of amidine groups is 1. The molecule has 0 spiro atoms. The molecule has 0 fully saturated rings. The molecule has 0 bridgehead atoms. The standard InChI is InChI=1S/C29H27Cl3N4OS/c1-5-21-25(27-33-28(37)29(2,3)35(27)4)34-36(23-14-11-19(31)16-22(23)32)26(21)24-15-13-20(38-24)12-8-17-6-9-18(30)10-7-17/h6-7,9-11,13-16H,5,8,12H2,1-4H3. The molecule has 0 aliphatic carbocycles. The second-order valence-electron chi connectivity index (χ2n) is 9.79. The lowest BCUT2D eigenvalue weighted by Crippen LogP contribution is -2.44. The van der Waals surface area contributed by atoms with Crippen molar-refractivity contribution >= 4 is 57.9 Å². The van der Waals surface area contributed by atoms with Crippen LogP contribution in [0.1, 0.15) is 42.5 Å². The molecule has 1 aliphatic rings. The second-order valence-corrected chi connectivity index (χ2v) is 12.2. The molecule has 196 valence electrons. The fraction of sp³-hybridized carbons (Fsp3) is 0.276. The van der Waals surface area contributed by atoms with Crippen LogP contribution in [0.5, 0.6) is 0 Å². The molecule has 0 unspecified atom stereocenters. The fourth-order valence-electron chi connectivity index (χ4n) is 4.53. The molecule has 0 saturated heterocycles. The number of halogens is 3. The molecule has 4 aromatic rings. The van der Waals surface area contributed by atoms with E-state index in [1.54, 1.807) is 23.5 Å². The molecule has 3 heterocycles. The van der Waals surface area contributed by atoms with Crippen LogP contribution < -0.4 is 0 Å². The SMILES string of the molecule is CCc1c(C2=NC(=O)C(C)(C)N2C)nn(-c2ccc(Cl)cc2Cl)c1-c1ccc(CCc2ccc(Cl)cc2)s1. The molecular weight excluding hydrogens is 559 g/mol. The number of likely N-dealkylation sites (N-methyl/N-ethyl adjacent to an activating group) is 1. The van der Waals surface area contributed by atoms with E-state index in [1.807, 2.05) is 48.7 Å². The van der Waals surface area contributed by atoms with Crippen LogP contribution >= 0.6 is 46.1 Å². The number of amides is 1. The van der Waals surface area contributed by atoms with E-state index in [9.17, 15) is 4.79 Å². The number of hydrogen-bond acceptors (Lipinski definition) is 4. The normalized spacial score (nSPS) is 14.9. The van der Waals surface area contributed by atoms with Crippen molar-refractivity contribution in [2.75, 3.05) is 7.05 Å². The summed E-state index contributed by atoms with van der Waals surface area (Å²) in [5, 5.41) is 6.81. The summed E-state index contributed by atoms with van der Waals surface area (Å²) < 4.78 is 1.87. The van der Waals surface area contributed by atoms with E-state index >= 15 is 0 Å². The van der Waals surface area contributed by atoms with Crippen molar-refractivity contribution in [2.24, 2.45) is 4.99 Å². The third kappa shape index (κ3) is 4.91. The molecule has 5 rings (SSSR count). The first-order valence-corrected chi connectivity index (χ1v) is 14.3. The van der Waals surface area contributed by atoms with Crippen molar-refractivity contribution in [3.8, 4) is 16.3 Å². The Balaban J connectivity index is 1.60. The van der Waals surface area contributed by atoms with Gasteiger partial charge in [-0.25, -0.2) is 4.68 Å². The molecule has 0 saturated carbocycles. The predicted octanol–water partition coefficient (Wildman–Crippen LogP) is 7.91. The van der Waals surface area contributed by atoms with E-state index < -0.39 is 5.54 Å². The lowest BCUT2D eigenvalue weighted by atomic mass is 10.0. The number of nitrogens with zero attached hydrogens (tertiary/aromatic N) is 4. The number of aliphatic imine (C=N–C) groups is 1. The Hall–Kier alpha value is -2.64. The molecule has 0 atom stereocenters. The van der Waals surface area contributed by atoms with Crippen molar-refractivity contribution in [2.45, 2.75) is 45.6 Å². The quantitative estimate of drug-likeness (QED) is 0.221. The largest absolute Gasteiger partial charge is 0.343 e. The zero-order valence-electron chi connectivity index (χ0n) is 21.6. The highest BCUT2D eigenvalue weighted by Crippen LogP contribution is 2.38. The van der Waals surface area contributed by atoms with E-state index in [2.05, 4.69) is 36.2 Å². The van der Waals surface area contributed by atoms with Crippen molar-refractivity contribution < 1.29 is 4.79 Å². The average Bonchev–Trinajstić information content (AvgIpc) is 3.55. The molecule has 2 aromatic carbocycles. The van der Waals surface area contributed by atoms with Gasteiger partial charge >= 0.3 is 0 Å². The molecule has 1 amide bonds. The van der Waals surface area contributed by atoms with Gasteiger partial charge in [0, 0.05) is 27.5 Å². The summed E-state index contributed by atoms with van der Waals surface area (Å²) in [6.45, 7) is 5.84. The van der Waals surface area contributed by atoms with Gasteiger partial charge in [0.15, 0.2) is 5.84 Å². The summed E-state index contributed by atoms with van der Waals surface area (Å²) in [6.07, 6.45) is 2.54. The van der Waals surface area contributed by atoms with Crippen LogP contribution in [0.2, 0.25) is 15.1 Å². The Bertz CT molecular complexity index is 1550. The van der Waals surface area contributed by atoms with E-state index in [0.29, 0.717) is 28.0 Å². The first kappa shape index (κ1) is 26.9. The van der Waals surface area contributed by atoms with Crippen LogP contribution in [0.15, 0.2) is 59.6 Å². The van der Waals surface area contributed by atoms with Crippen LogP contribution in [0.4, 0.5) is 0 Å². The third-order valence-corrected chi connectivity index (χ3v) is 8.98. The van der Waals surface area contributed by atoms with Gasteiger partial charge < -0.3 is 4.90 Å². The number of thiophene rings is 1. The van der Waals surface area contributed by atoms with E-state index in [4.69, 9.17) is 39.9 Å². The summed E-state index contributed by atoms with van der Waals surface area (Å²) in [7, 11) is 1.89. The molecule has 5 nitrogen and oxygen atoms in total. The summed E-state index contributed by atoms with van der Waals surface area (Å²) >= 11 is 20.7. The predicted molar refractivity (Wildman–Crippen MR) is 159 cm³/mol. The van der Waals surface area contributed by atoms with Gasteiger partial charge in [0.1, 0.15) is 11.2 Å². The van der Waals surface area contributed by atoms with Gasteiger partial charge in [-0.1, -0.05) is 53.9 Å². The van der Waals surface area contributed by atoms with E-state index in [0.717, 1.165) is 39.7 Å². The maximum atomic E-state index is 12.7. The van der Waals surface area contributed by atoms with E-state index in [-0.39, 0.29) is 5.91 Å². The van der Waals surface area contributed by atoms with Gasteiger partial charge in [0.2, 0.25) is 0 Å². The lowest BCUT2D eigenvalue weighted by molar-refractivity contribution is -0.123. The molecule has 2 aromatic heterocycles. The summed E-state index contributed by atoms with van der Waals surface area (Å²) in [5.41, 5.74) is 3.87. The molecule has 1 aliphatic heterocycles. The van der Waals surface area contributed by atoms with Crippen molar-refractivity contribution in [3.63, 3.8) is 0 Å². The highest BCUT2D eigenvalue weighted by molar-refractivity contribution is 7.15. The minimum absolute atomic E-state index is 0.182. The summed E-state index contributed by atoms with van der Waals surface area (Å²) in [4.78, 5) is 21.4. The number of benzene rings is 2. The average molecular weight is 586 g/mol. The van der Waals surface area contributed by atoms with Crippen molar-refractivity contribution in [1.29, 1.82) is 0 Å². The molecular formula is C29H27Cl3N4OS. The van der Waals surface area contributed by atoms with Gasteiger partial charge in [0.25, 0.3) is 5.91 Å². The first-order valence-electron chi connectivity index (χ1n) is 12.4. The Morgan fingerprint density at radius 1 is 0.947 bits per heavy atom. The van der Waals surface area contributed by atoms with E-state index in [1.165, 1.54) is 10.4 Å². The van der Waals surface area contributed by atoms with Crippen LogP contribution in [0, 0.1) is 0 Å². The molecule has 0 N–H and O–H groups in total. The topological polar surface area (TPSA) is 50.5 Å². The first-order chi connectivity index (χ1) is 18.1. The Labute approximate surface area is 241 Å². The maximum Gasteiger partial charge on any atom is 0.273 e. The summed E-state index contributed by atoms with van der Waals surface area (Å²) in [6, 6.07) is 17.7. The molecule has 38 heavy (non-hydrogen) atoms. The zero-order chi connectivity index (χ0) is 27.2. The van der Waals surface area contributed by atoms with Crippen molar-refractivity contribution in [1.82, 2.24) is 14.7 Å². The molecule has 0 radical (unpaired) electrons. The zero-order valence-corrected chi connectivity index (χ0v) is 24.6. The Morgan fingerprint density at radius 2 is 1.66 bits per heavy atom. The Morgan fingerprint density at radius 3 is 2.29 bits per heavy atom. The van der Waals surface area contributed by atoms with Gasteiger partial charge in [-0.3, -0.25) is 4.79 Å². The number of aryl methyl sites for hydroxylation is 2. The highest BCUT2D eigenvalue weighted by atomic mass is 35.5. The van der Waals surface area contributed by atoms with Crippen LogP contribution in [0.3, 0.4) is 0 Å².